The van der Waals surface area contributed by atoms with Gasteiger partial charge in [0.25, 0.3) is 11.8 Å². The van der Waals surface area contributed by atoms with Crippen LogP contribution in [0.1, 0.15) is 41.2 Å². The molecule has 5 rings (SSSR count). The lowest BCUT2D eigenvalue weighted by atomic mass is 10.1. The van der Waals surface area contributed by atoms with Gasteiger partial charge in [-0.2, -0.15) is 8.78 Å². The van der Waals surface area contributed by atoms with E-state index in [1.807, 2.05) is 29.2 Å². The van der Waals surface area contributed by atoms with Crippen LogP contribution in [0.5, 0.6) is 0 Å². The number of alkyl halides is 2. The fourth-order valence-corrected chi connectivity index (χ4v) is 3.67. The molecule has 0 bridgehead atoms. The Balaban J connectivity index is 1.28. The van der Waals surface area contributed by atoms with Crippen molar-refractivity contribution in [1.82, 2.24) is 35.1 Å². The normalized spacial score (nSPS) is 13.7. The summed E-state index contributed by atoms with van der Waals surface area (Å²) in [5.74, 6) is -0.709. The minimum atomic E-state index is -2.82. The molecule has 1 fully saturated rings. The lowest BCUT2D eigenvalue weighted by Gasteiger charge is -2.15. The van der Waals surface area contributed by atoms with Crippen LogP contribution in [-0.2, 0) is 6.54 Å². The molecule has 0 N–H and O–H groups in total. The van der Waals surface area contributed by atoms with Crippen LogP contribution in [0.4, 0.5) is 8.78 Å². The van der Waals surface area contributed by atoms with Crippen LogP contribution in [0.2, 0.25) is 0 Å². The summed E-state index contributed by atoms with van der Waals surface area (Å²) in [4.78, 5) is 18.8. The third-order valence-corrected chi connectivity index (χ3v) is 5.36. The number of nitrogens with zero attached hydrogens (tertiary/aromatic N) is 7. The van der Waals surface area contributed by atoms with E-state index < -0.39 is 12.3 Å². The molecule has 1 saturated heterocycles. The van der Waals surface area contributed by atoms with Crippen molar-refractivity contribution in [2.45, 2.75) is 25.8 Å². The van der Waals surface area contributed by atoms with Crippen molar-refractivity contribution in [2.75, 3.05) is 13.1 Å². The van der Waals surface area contributed by atoms with Gasteiger partial charge in [-0.25, -0.2) is 4.68 Å². The topological polar surface area (TPSA) is 103 Å². The smallest absolute Gasteiger partial charge is 0.314 e. The molecule has 0 spiro atoms. The van der Waals surface area contributed by atoms with E-state index in [9.17, 15) is 13.6 Å². The summed E-state index contributed by atoms with van der Waals surface area (Å²) in [7, 11) is 0. The SMILES string of the molecule is O=C(c1cccc(-c2cn(Cc3ccc(-c4nnc(C(F)F)o4)cn3)nn2)c1)N1CCCC1. The zero-order valence-corrected chi connectivity index (χ0v) is 17.4. The van der Waals surface area contributed by atoms with Crippen LogP contribution >= 0.6 is 0 Å². The van der Waals surface area contributed by atoms with E-state index in [-0.39, 0.29) is 11.8 Å². The van der Waals surface area contributed by atoms with Gasteiger partial charge >= 0.3 is 6.43 Å². The second kappa shape index (κ2) is 8.85. The van der Waals surface area contributed by atoms with Gasteiger partial charge in [-0.3, -0.25) is 9.78 Å². The molecule has 4 heterocycles. The first-order valence-electron chi connectivity index (χ1n) is 10.4. The van der Waals surface area contributed by atoms with Crippen LogP contribution in [0, 0.1) is 0 Å². The van der Waals surface area contributed by atoms with Gasteiger partial charge in [0, 0.05) is 30.4 Å². The molecule has 0 radical (unpaired) electrons. The Morgan fingerprint density at radius 3 is 2.64 bits per heavy atom. The molecule has 3 aromatic heterocycles. The molecule has 0 unspecified atom stereocenters. The summed E-state index contributed by atoms with van der Waals surface area (Å²) in [6.45, 7) is 1.95. The van der Waals surface area contributed by atoms with E-state index >= 15 is 0 Å². The molecule has 168 valence electrons. The Kier molecular flexibility index (Phi) is 5.59. The number of rotatable bonds is 6. The van der Waals surface area contributed by atoms with Gasteiger partial charge in [0.2, 0.25) is 5.89 Å². The summed E-state index contributed by atoms with van der Waals surface area (Å²) in [5.41, 5.74) is 3.21. The second-order valence-corrected chi connectivity index (χ2v) is 7.67. The highest BCUT2D eigenvalue weighted by atomic mass is 19.3. The Hall–Kier alpha value is -4.02. The van der Waals surface area contributed by atoms with Crippen LogP contribution < -0.4 is 0 Å². The van der Waals surface area contributed by atoms with Gasteiger partial charge in [-0.05, 0) is 37.1 Å². The first-order chi connectivity index (χ1) is 16.1. The van der Waals surface area contributed by atoms with Crippen molar-refractivity contribution >= 4 is 5.91 Å². The van der Waals surface area contributed by atoms with Crippen molar-refractivity contribution in [2.24, 2.45) is 0 Å². The summed E-state index contributed by atoms with van der Waals surface area (Å²) in [5, 5.41) is 15.3. The van der Waals surface area contributed by atoms with E-state index in [0.717, 1.165) is 31.5 Å². The lowest BCUT2D eigenvalue weighted by Crippen LogP contribution is -2.27. The summed E-state index contributed by atoms with van der Waals surface area (Å²) < 4.78 is 31.8. The van der Waals surface area contributed by atoms with Crippen LogP contribution in [0.25, 0.3) is 22.7 Å². The Morgan fingerprint density at radius 1 is 1.06 bits per heavy atom. The minimum Gasteiger partial charge on any atom is -0.415 e. The monoisotopic (exact) mass is 451 g/mol. The van der Waals surface area contributed by atoms with E-state index in [4.69, 9.17) is 4.42 Å². The second-order valence-electron chi connectivity index (χ2n) is 7.67. The fraction of sp³-hybridized carbons (Fsp3) is 0.273. The highest BCUT2D eigenvalue weighted by Crippen LogP contribution is 2.23. The number of carbonyl (C=O) groups is 1. The van der Waals surface area contributed by atoms with Gasteiger partial charge in [0.15, 0.2) is 0 Å². The van der Waals surface area contributed by atoms with Gasteiger partial charge in [0.1, 0.15) is 5.69 Å². The Labute approximate surface area is 187 Å². The zero-order chi connectivity index (χ0) is 22.8. The quantitative estimate of drug-likeness (QED) is 0.441. The molecule has 0 saturated carbocycles. The van der Waals surface area contributed by atoms with Crippen molar-refractivity contribution in [3.63, 3.8) is 0 Å². The molecular formula is C22H19F2N7O2. The number of benzene rings is 1. The van der Waals surface area contributed by atoms with Crippen LogP contribution in [-0.4, -0.2) is 54.1 Å². The molecule has 1 aliphatic rings. The number of carbonyl (C=O) groups excluding carboxylic acids is 1. The maximum absolute atomic E-state index is 12.7. The molecule has 9 nitrogen and oxygen atoms in total. The predicted octanol–water partition coefficient (Wildman–Crippen LogP) is 3.61. The minimum absolute atomic E-state index is 0.0178. The van der Waals surface area contributed by atoms with Crippen LogP contribution in [0.3, 0.4) is 0 Å². The third-order valence-electron chi connectivity index (χ3n) is 5.36. The molecule has 33 heavy (non-hydrogen) atoms. The van der Waals surface area contributed by atoms with Gasteiger partial charge in [0.05, 0.1) is 24.0 Å². The van der Waals surface area contributed by atoms with Gasteiger partial charge in [-0.1, -0.05) is 17.3 Å². The number of hydrogen-bond acceptors (Lipinski definition) is 7. The number of aromatic nitrogens is 6. The van der Waals surface area contributed by atoms with E-state index in [2.05, 4.69) is 25.5 Å². The molecule has 1 aliphatic heterocycles. The molecule has 4 aromatic rings. The van der Waals surface area contributed by atoms with Crippen molar-refractivity contribution in [3.8, 4) is 22.7 Å². The summed E-state index contributed by atoms with van der Waals surface area (Å²) >= 11 is 0. The van der Waals surface area contributed by atoms with Crippen molar-refractivity contribution in [3.05, 3.63) is 65.9 Å². The molecule has 1 aromatic carbocycles. The Bertz CT molecular complexity index is 1260. The molecule has 0 atom stereocenters. The first kappa shape index (κ1) is 20.9. The summed E-state index contributed by atoms with van der Waals surface area (Å²) in [6, 6.07) is 10.8. The number of halogens is 2. The predicted molar refractivity (Wildman–Crippen MR) is 112 cm³/mol. The van der Waals surface area contributed by atoms with Gasteiger partial charge < -0.3 is 9.32 Å². The lowest BCUT2D eigenvalue weighted by molar-refractivity contribution is 0.0793. The molecule has 1 amide bonds. The van der Waals surface area contributed by atoms with Crippen molar-refractivity contribution in [1.29, 1.82) is 0 Å². The standard InChI is InChI=1S/C22H19F2N7O2/c23-19(24)21-28-27-20(33-21)16-6-7-17(25-11-16)12-31-13-18(26-29-31)14-4-3-5-15(10-14)22(32)30-8-1-2-9-30/h3-7,10-11,13,19H,1-2,8-9,12H2. The van der Waals surface area contributed by atoms with Gasteiger partial charge in [-0.15, -0.1) is 15.3 Å². The number of likely N-dealkylation sites (tertiary alicyclic amines) is 1. The Morgan fingerprint density at radius 2 is 1.91 bits per heavy atom. The van der Waals surface area contributed by atoms with Crippen LogP contribution in [0.15, 0.2) is 53.2 Å². The summed E-state index contributed by atoms with van der Waals surface area (Å²) in [6.07, 6.45) is 2.52. The van der Waals surface area contributed by atoms with Crippen molar-refractivity contribution < 1.29 is 18.0 Å². The van der Waals surface area contributed by atoms with E-state index in [0.29, 0.717) is 29.1 Å². The highest BCUT2D eigenvalue weighted by molar-refractivity contribution is 5.95. The zero-order valence-electron chi connectivity index (χ0n) is 17.4. The molecular weight excluding hydrogens is 432 g/mol. The average molecular weight is 451 g/mol. The van der Waals surface area contributed by atoms with E-state index in [1.54, 1.807) is 23.0 Å². The number of pyridine rings is 1. The maximum atomic E-state index is 12.7. The highest BCUT2D eigenvalue weighted by Gasteiger charge is 2.20. The first-order valence-corrected chi connectivity index (χ1v) is 10.4. The fourth-order valence-electron chi connectivity index (χ4n) is 3.67. The average Bonchev–Trinajstić information content (AvgIpc) is 3.61. The number of hydrogen-bond donors (Lipinski definition) is 0. The largest absolute Gasteiger partial charge is 0.415 e. The third kappa shape index (κ3) is 4.47. The molecule has 11 heteroatoms. The maximum Gasteiger partial charge on any atom is 0.314 e. The molecule has 0 aliphatic carbocycles. The van der Waals surface area contributed by atoms with E-state index in [1.165, 1.54) is 6.20 Å². The number of amides is 1.